The number of hydrogen-bond donors (Lipinski definition) is 1. The largest absolute Gasteiger partial charge is 0.492 e. The summed E-state index contributed by atoms with van der Waals surface area (Å²) in [5.74, 6) is 0.913. The maximum absolute atomic E-state index is 10.4. The zero-order valence-electron chi connectivity index (χ0n) is 22.1. The van der Waals surface area contributed by atoms with Gasteiger partial charge in [-0.2, -0.15) is 8.42 Å². The van der Waals surface area contributed by atoms with E-state index < -0.39 is 10.1 Å². The molecule has 0 saturated carbocycles. The fourth-order valence-electron chi connectivity index (χ4n) is 3.94. The molecule has 198 valence electrons. The molecule has 0 atom stereocenters. The highest BCUT2D eigenvalue weighted by molar-refractivity contribution is 7.85. The van der Waals surface area contributed by atoms with Crippen molar-refractivity contribution in [2.45, 2.75) is 18.2 Å². The van der Waals surface area contributed by atoms with Crippen LogP contribution in [-0.2, 0) is 10.1 Å². The normalized spacial score (nSPS) is 11.8. The van der Waals surface area contributed by atoms with E-state index in [1.807, 2.05) is 0 Å². The van der Waals surface area contributed by atoms with Crippen LogP contribution in [0.15, 0.2) is 120 Å². The molecule has 0 spiro atoms. The lowest BCUT2D eigenvalue weighted by Crippen LogP contribution is -2.19. The van der Waals surface area contributed by atoms with E-state index in [4.69, 9.17) is 9.29 Å². The van der Waals surface area contributed by atoms with Crippen molar-refractivity contribution < 1.29 is 17.7 Å². The molecule has 0 heterocycles. The molecule has 0 bridgehead atoms. The number of nitrogens with zero attached hydrogens (tertiary/aromatic N) is 1. The maximum atomic E-state index is 10.4. The summed E-state index contributed by atoms with van der Waals surface area (Å²) >= 11 is 0. The predicted molar refractivity (Wildman–Crippen MR) is 156 cm³/mol. The van der Waals surface area contributed by atoms with Crippen molar-refractivity contribution in [2.24, 2.45) is 0 Å². The molecular weight excluding hydrogens is 494 g/mol. The first-order valence-electron chi connectivity index (χ1n) is 12.5. The third kappa shape index (κ3) is 8.70. The first kappa shape index (κ1) is 28.9. The smallest absolute Gasteiger partial charge is 0.294 e. The molecule has 4 aromatic carbocycles. The number of likely N-dealkylation sites (N-methyl/N-ethyl adjacent to an activating group) is 1. The van der Waals surface area contributed by atoms with Crippen molar-refractivity contribution in [2.75, 3.05) is 27.2 Å². The Hall–Kier alpha value is -3.71. The van der Waals surface area contributed by atoms with Crippen LogP contribution >= 0.6 is 0 Å². The molecule has 0 amide bonds. The van der Waals surface area contributed by atoms with Gasteiger partial charge < -0.3 is 9.64 Å². The molecule has 4 rings (SSSR count). The lowest BCUT2D eigenvalue weighted by molar-refractivity contribution is 0.261. The number of rotatable bonds is 9. The predicted octanol–water partition coefficient (Wildman–Crippen LogP) is 6.93. The van der Waals surface area contributed by atoms with Gasteiger partial charge in [-0.1, -0.05) is 97.9 Å². The molecule has 0 aromatic heterocycles. The molecule has 0 aliphatic rings. The second-order valence-electron chi connectivity index (χ2n) is 8.90. The topological polar surface area (TPSA) is 66.8 Å². The third-order valence-electron chi connectivity index (χ3n) is 5.83. The molecule has 0 unspecified atom stereocenters. The Morgan fingerprint density at radius 2 is 1.18 bits per heavy atom. The first-order chi connectivity index (χ1) is 18.3. The fraction of sp³-hybridized carbons (Fsp3) is 0.188. The summed E-state index contributed by atoms with van der Waals surface area (Å²) in [4.78, 5) is 2.05. The number of ether oxygens (including phenoxy) is 1. The van der Waals surface area contributed by atoms with Gasteiger partial charge in [-0.05, 0) is 72.6 Å². The average Bonchev–Trinajstić information content (AvgIpc) is 2.93. The van der Waals surface area contributed by atoms with Gasteiger partial charge in [0.15, 0.2) is 0 Å². The standard InChI is InChI=1S/C26H29NO.C6H6O3S/c1-4-25(21-11-7-5-8-12-21)26(22-13-9-6-10-14-22)23-15-17-24(18-16-23)28-20-19-27(2)3;7-10(8,9)6-4-2-1-3-5-6/h5-18H,4,19-20H2,1-3H3;1-5H,(H,7,8,9)/b26-25-;. The van der Waals surface area contributed by atoms with Crippen LogP contribution in [0.2, 0.25) is 0 Å². The van der Waals surface area contributed by atoms with E-state index in [2.05, 4.69) is 111 Å². The molecule has 5 nitrogen and oxygen atoms in total. The van der Waals surface area contributed by atoms with Crippen LogP contribution in [0.25, 0.3) is 11.1 Å². The average molecular weight is 530 g/mol. The molecule has 0 saturated heterocycles. The maximum Gasteiger partial charge on any atom is 0.294 e. The van der Waals surface area contributed by atoms with Crippen molar-refractivity contribution in [3.8, 4) is 5.75 Å². The molecule has 0 aliphatic heterocycles. The molecule has 0 aliphatic carbocycles. The number of hydrogen-bond acceptors (Lipinski definition) is 4. The lowest BCUT2D eigenvalue weighted by atomic mass is 9.88. The first-order valence-corrected chi connectivity index (χ1v) is 14.0. The lowest BCUT2D eigenvalue weighted by Gasteiger charge is -2.17. The summed E-state index contributed by atoms with van der Waals surface area (Å²) in [6.45, 7) is 3.83. The van der Waals surface area contributed by atoms with Gasteiger partial charge in [-0.3, -0.25) is 4.55 Å². The van der Waals surface area contributed by atoms with Crippen molar-refractivity contribution >= 4 is 21.3 Å². The van der Waals surface area contributed by atoms with E-state index in [1.165, 1.54) is 40.0 Å². The van der Waals surface area contributed by atoms with Crippen molar-refractivity contribution in [3.05, 3.63) is 132 Å². The zero-order chi connectivity index (χ0) is 27.4. The van der Waals surface area contributed by atoms with Gasteiger partial charge >= 0.3 is 0 Å². The van der Waals surface area contributed by atoms with E-state index in [1.54, 1.807) is 18.2 Å². The SMILES string of the molecule is CC/C(=C(\c1ccccc1)c1ccc(OCCN(C)C)cc1)c1ccccc1.O=S(=O)(O)c1ccccc1. The van der Waals surface area contributed by atoms with Crippen LogP contribution in [0, 0.1) is 0 Å². The molecule has 0 radical (unpaired) electrons. The molecule has 6 heteroatoms. The zero-order valence-corrected chi connectivity index (χ0v) is 22.9. The summed E-state index contributed by atoms with van der Waals surface area (Å²) in [6, 6.07) is 37.2. The minimum absolute atomic E-state index is 0.0741. The van der Waals surface area contributed by atoms with E-state index in [0.717, 1.165) is 18.7 Å². The Morgan fingerprint density at radius 1 is 0.711 bits per heavy atom. The quantitative estimate of drug-likeness (QED) is 0.188. The van der Waals surface area contributed by atoms with Crippen LogP contribution < -0.4 is 4.74 Å². The monoisotopic (exact) mass is 529 g/mol. The van der Waals surface area contributed by atoms with E-state index in [9.17, 15) is 8.42 Å². The van der Waals surface area contributed by atoms with Crippen molar-refractivity contribution in [3.63, 3.8) is 0 Å². The Balaban J connectivity index is 0.000000336. The van der Waals surface area contributed by atoms with Crippen LogP contribution in [0.4, 0.5) is 0 Å². The van der Waals surface area contributed by atoms with Crippen LogP contribution in [-0.4, -0.2) is 45.1 Å². The summed E-state index contributed by atoms with van der Waals surface area (Å²) in [6.07, 6.45) is 0.968. The molecule has 4 aromatic rings. The molecule has 0 fully saturated rings. The van der Waals surface area contributed by atoms with E-state index in [0.29, 0.717) is 6.61 Å². The minimum Gasteiger partial charge on any atom is -0.492 e. The Morgan fingerprint density at radius 3 is 1.63 bits per heavy atom. The number of benzene rings is 4. The van der Waals surface area contributed by atoms with Crippen LogP contribution in [0.5, 0.6) is 5.75 Å². The van der Waals surface area contributed by atoms with Gasteiger partial charge in [0.1, 0.15) is 12.4 Å². The second kappa shape index (κ2) is 14.3. The highest BCUT2D eigenvalue weighted by Gasteiger charge is 2.13. The van der Waals surface area contributed by atoms with Crippen molar-refractivity contribution in [1.82, 2.24) is 4.90 Å². The van der Waals surface area contributed by atoms with Gasteiger partial charge in [0, 0.05) is 6.54 Å². The summed E-state index contributed by atoms with van der Waals surface area (Å²) < 4.78 is 35.1. The van der Waals surface area contributed by atoms with Gasteiger partial charge in [-0.25, -0.2) is 0 Å². The highest BCUT2D eigenvalue weighted by atomic mass is 32.2. The molecular formula is C32H35NO4S. The summed E-state index contributed by atoms with van der Waals surface area (Å²) in [7, 11) is 0.107. The van der Waals surface area contributed by atoms with E-state index in [-0.39, 0.29) is 4.90 Å². The Kier molecular flexibility index (Phi) is 10.8. The third-order valence-corrected chi connectivity index (χ3v) is 6.70. The van der Waals surface area contributed by atoms with E-state index >= 15 is 0 Å². The van der Waals surface area contributed by atoms with Gasteiger partial charge in [0.2, 0.25) is 0 Å². The number of allylic oxidation sites excluding steroid dienone is 1. The Bertz CT molecular complexity index is 1380. The molecule has 38 heavy (non-hydrogen) atoms. The minimum atomic E-state index is -4.00. The van der Waals surface area contributed by atoms with Gasteiger partial charge in [-0.15, -0.1) is 0 Å². The second-order valence-corrected chi connectivity index (χ2v) is 10.3. The fourth-order valence-corrected chi connectivity index (χ4v) is 4.44. The van der Waals surface area contributed by atoms with Crippen LogP contribution in [0.1, 0.15) is 30.0 Å². The van der Waals surface area contributed by atoms with Gasteiger partial charge in [0.25, 0.3) is 10.1 Å². The summed E-state index contributed by atoms with van der Waals surface area (Å²) in [5, 5.41) is 0. The summed E-state index contributed by atoms with van der Waals surface area (Å²) in [5.41, 5.74) is 6.37. The van der Waals surface area contributed by atoms with Crippen LogP contribution in [0.3, 0.4) is 0 Å². The van der Waals surface area contributed by atoms with Gasteiger partial charge in [0.05, 0.1) is 4.90 Å². The Labute approximate surface area is 226 Å². The molecule has 1 N–H and O–H groups in total. The van der Waals surface area contributed by atoms with Crippen molar-refractivity contribution in [1.29, 1.82) is 0 Å². The highest BCUT2D eigenvalue weighted by Crippen LogP contribution is 2.34.